The van der Waals surface area contributed by atoms with Crippen molar-refractivity contribution >= 4 is 21.7 Å². The van der Waals surface area contributed by atoms with E-state index >= 15 is 0 Å². The smallest absolute Gasteiger partial charge is 0.203 e. The van der Waals surface area contributed by atoms with Crippen LogP contribution in [0.4, 0.5) is 4.39 Å². The molecular formula is C17H16BrFO2. The van der Waals surface area contributed by atoms with Crippen LogP contribution in [-0.4, -0.2) is 11.9 Å². The van der Waals surface area contributed by atoms with Gasteiger partial charge < -0.3 is 4.74 Å². The highest BCUT2D eigenvalue weighted by Gasteiger charge is 2.18. The van der Waals surface area contributed by atoms with Gasteiger partial charge in [0.1, 0.15) is 11.6 Å². The van der Waals surface area contributed by atoms with Crippen molar-refractivity contribution in [3.05, 3.63) is 63.4 Å². The van der Waals surface area contributed by atoms with E-state index in [1.807, 2.05) is 26.0 Å². The van der Waals surface area contributed by atoms with Crippen molar-refractivity contribution in [2.24, 2.45) is 0 Å². The summed E-state index contributed by atoms with van der Waals surface area (Å²) in [5.74, 6) is -0.215. The highest BCUT2D eigenvalue weighted by atomic mass is 79.9. The van der Waals surface area contributed by atoms with Crippen LogP contribution in [0, 0.1) is 19.7 Å². The Morgan fingerprint density at radius 3 is 2.52 bits per heavy atom. The summed E-state index contributed by atoms with van der Waals surface area (Å²) in [6, 6.07) is 9.68. The van der Waals surface area contributed by atoms with Gasteiger partial charge in [0.15, 0.2) is 6.10 Å². The van der Waals surface area contributed by atoms with Crippen molar-refractivity contribution in [3.63, 3.8) is 0 Å². The summed E-state index contributed by atoms with van der Waals surface area (Å²) in [5, 5.41) is 0. The lowest BCUT2D eigenvalue weighted by Crippen LogP contribution is -2.24. The SMILES string of the molecule is Cc1ccc(C(=O)C(C)Oc2cc(F)ccc2Br)cc1C. The first kappa shape index (κ1) is 15.7. The molecule has 2 aromatic rings. The maximum atomic E-state index is 13.2. The van der Waals surface area contributed by atoms with Crippen molar-refractivity contribution in [1.82, 2.24) is 0 Å². The Morgan fingerprint density at radius 1 is 1.14 bits per heavy atom. The minimum absolute atomic E-state index is 0.130. The zero-order chi connectivity index (χ0) is 15.6. The first-order valence-electron chi connectivity index (χ1n) is 6.61. The molecule has 1 unspecified atom stereocenters. The van der Waals surface area contributed by atoms with Gasteiger partial charge in [-0.05, 0) is 66.0 Å². The number of aryl methyl sites for hydroxylation is 2. The van der Waals surface area contributed by atoms with Crippen LogP contribution in [0.1, 0.15) is 28.4 Å². The molecule has 4 heteroatoms. The highest BCUT2D eigenvalue weighted by molar-refractivity contribution is 9.10. The third-order valence-electron chi connectivity index (χ3n) is 3.36. The number of Topliss-reactive ketones (excluding diaryl/α,β-unsaturated/α-hetero) is 1. The Bertz CT molecular complexity index is 682. The Kier molecular flexibility index (Phi) is 4.78. The zero-order valence-corrected chi connectivity index (χ0v) is 13.7. The van der Waals surface area contributed by atoms with Gasteiger partial charge in [0.2, 0.25) is 5.78 Å². The van der Waals surface area contributed by atoms with E-state index in [9.17, 15) is 9.18 Å². The molecule has 0 spiro atoms. The lowest BCUT2D eigenvalue weighted by atomic mass is 10.0. The molecule has 0 radical (unpaired) electrons. The largest absolute Gasteiger partial charge is 0.481 e. The molecule has 0 saturated heterocycles. The molecule has 0 fully saturated rings. The fourth-order valence-corrected chi connectivity index (χ4v) is 2.28. The fourth-order valence-electron chi connectivity index (χ4n) is 1.94. The van der Waals surface area contributed by atoms with Gasteiger partial charge in [-0.15, -0.1) is 0 Å². The molecule has 0 saturated carbocycles. The number of halogens is 2. The van der Waals surface area contributed by atoms with E-state index in [0.717, 1.165) is 11.1 Å². The van der Waals surface area contributed by atoms with Gasteiger partial charge in [-0.25, -0.2) is 4.39 Å². The van der Waals surface area contributed by atoms with Crippen LogP contribution >= 0.6 is 15.9 Å². The molecule has 0 N–H and O–H groups in total. The molecule has 0 amide bonds. The van der Waals surface area contributed by atoms with Crippen LogP contribution in [0.15, 0.2) is 40.9 Å². The molecule has 0 bridgehead atoms. The number of hydrogen-bond acceptors (Lipinski definition) is 2. The van der Waals surface area contributed by atoms with Crippen molar-refractivity contribution in [2.75, 3.05) is 0 Å². The molecule has 110 valence electrons. The quantitative estimate of drug-likeness (QED) is 0.736. The van der Waals surface area contributed by atoms with Crippen molar-refractivity contribution in [2.45, 2.75) is 26.9 Å². The predicted octanol–water partition coefficient (Wildman–Crippen LogP) is 4.86. The third-order valence-corrected chi connectivity index (χ3v) is 4.01. The summed E-state index contributed by atoms with van der Waals surface area (Å²) in [6.07, 6.45) is -0.690. The van der Waals surface area contributed by atoms with E-state index in [4.69, 9.17) is 4.74 Å². The normalized spacial score (nSPS) is 12.0. The molecule has 0 aromatic heterocycles. The maximum absolute atomic E-state index is 13.2. The Hall–Kier alpha value is -1.68. The lowest BCUT2D eigenvalue weighted by Gasteiger charge is -2.15. The van der Waals surface area contributed by atoms with Gasteiger partial charge in [0.25, 0.3) is 0 Å². The van der Waals surface area contributed by atoms with Crippen LogP contribution in [0.25, 0.3) is 0 Å². The average Bonchev–Trinajstić information content (AvgIpc) is 2.45. The predicted molar refractivity (Wildman–Crippen MR) is 84.4 cm³/mol. The lowest BCUT2D eigenvalue weighted by molar-refractivity contribution is 0.0816. The summed E-state index contributed by atoms with van der Waals surface area (Å²) >= 11 is 3.28. The summed E-state index contributed by atoms with van der Waals surface area (Å²) in [7, 11) is 0. The monoisotopic (exact) mass is 350 g/mol. The molecule has 0 heterocycles. The minimum atomic E-state index is -0.690. The van der Waals surface area contributed by atoms with E-state index in [1.54, 1.807) is 19.1 Å². The number of hydrogen-bond donors (Lipinski definition) is 0. The van der Waals surface area contributed by atoms with E-state index < -0.39 is 11.9 Å². The molecule has 2 aromatic carbocycles. The topological polar surface area (TPSA) is 26.3 Å². The second kappa shape index (κ2) is 6.39. The van der Waals surface area contributed by atoms with Gasteiger partial charge in [-0.2, -0.15) is 0 Å². The van der Waals surface area contributed by atoms with Crippen molar-refractivity contribution in [3.8, 4) is 5.75 Å². The Balaban J connectivity index is 2.19. The molecular weight excluding hydrogens is 335 g/mol. The first-order chi connectivity index (χ1) is 9.88. The molecule has 21 heavy (non-hydrogen) atoms. The zero-order valence-electron chi connectivity index (χ0n) is 12.1. The maximum Gasteiger partial charge on any atom is 0.203 e. The van der Waals surface area contributed by atoms with Crippen molar-refractivity contribution in [1.29, 1.82) is 0 Å². The average molecular weight is 351 g/mol. The van der Waals surface area contributed by atoms with Crippen LogP contribution in [0.2, 0.25) is 0 Å². The van der Waals surface area contributed by atoms with Gasteiger partial charge in [-0.1, -0.05) is 12.1 Å². The van der Waals surface area contributed by atoms with Crippen molar-refractivity contribution < 1.29 is 13.9 Å². The number of carbonyl (C=O) groups is 1. The summed E-state index contributed by atoms with van der Waals surface area (Å²) in [5.41, 5.74) is 2.78. The number of ether oxygens (including phenoxy) is 1. The van der Waals surface area contributed by atoms with Gasteiger partial charge in [0, 0.05) is 11.6 Å². The third kappa shape index (κ3) is 3.70. The molecule has 2 rings (SSSR count). The standard InChI is InChI=1S/C17H16BrFO2/c1-10-4-5-13(8-11(10)2)17(20)12(3)21-16-9-14(19)6-7-15(16)18/h4-9,12H,1-3H3. The van der Waals surface area contributed by atoms with Crippen LogP contribution in [0.3, 0.4) is 0 Å². The minimum Gasteiger partial charge on any atom is -0.481 e. The van der Waals surface area contributed by atoms with E-state index in [1.165, 1.54) is 12.1 Å². The van der Waals surface area contributed by atoms with Crippen LogP contribution < -0.4 is 4.74 Å². The van der Waals surface area contributed by atoms with Gasteiger partial charge in [0.05, 0.1) is 4.47 Å². The number of ketones is 1. The fraction of sp³-hybridized carbons (Fsp3) is 0.235. The molecule has 1 atom stereocenters. The van der Waals surface area contributed by atoms with E-state index in [-0.39, 0.29) is 5.78 Å². The Morgan fingerprint density at radius 2 is 1.86 bits per heavy atom. The molecule has 0 aliphatic carbocycles. The molecule has 0 aliphatic rings. The van der Waals surface area contributed by atoms with Gasteiger partial charge >= 0.3 is 0 Å². The highest BCUT2D eigenvalue weighted by Crippen LogP contribution is 2.27. The Labute approximate surface area is 132 Å². The molecule has 2 nitrogen and oxygen atoms in total. The molecule has 0 aliphatic heterocycles. The second-order valence-electron chi connectivity index (χ2n) is 5.00. The van der Waals surface area contributed by atoms with E-state index in [2.05, 4.69) is 15.9 Å². The second-order valence-corrected chi connectivity index (χ2v) is 5.85. The van der Waals surface area contributed by atoms with E-state index in [0.29, 0.717) is 15.8 Å². The summed E-state index contributed by atoms with van der Waals surface area (Å²) < 4.78 is 19.4. The number of rotatable bonds is 4. The van der Waals surface area contributed by atoms with Crippen LogP contribution in [-0.2, 0) is 0 Å². The summed E-state index contributed by atoms with van der Waals surface area (Å²) in [4.78, 5) is 12.4. The summed E-state index contributed by atoms with van der Waals surface area (Å²) in [6.45, 7) is 5.61. The van der Waals surface area contributed by atoms with Gasteiger partial charge in [-0.3, -0.25) is 4.79 Å². The number of carbonyl (C=O) groups excluding carboxylic acids is 1. The number of benzene rings is 2. The van der Waals surface area contributed by atoms with Crippen LogP contribution in [0.5, 0.6) is 5.75 Å². The first-order valence-corrected chi connectivity index (χ1v) is 7.41.